The van der Waals surface area contributed by atoms with E-state index in [1.807, 2.05) is 0 Å². The maximum atomic E-state index is 13.2. The van der Waals surface area contributed by atoms with Gasteiger partial charge in [0.15, 0.2) is 0 Å². The average molecular weight is 639 g/mol. The molecule has 45 heavy (non-hydrogen) atoms. The number of carbonyl (C=O) groups is 7. The molecule has 0 aliphatic carbocycles. The lowest BCUT2D eigenvalue weighted by Gasteiger charge is -2.25. The van der Waals surface area contributed by atoms with Crippen molar-refractivity contribution in [3.63, 3.8) is 0 Å². The molecule has 0 unspecified atom stereocenters. The largest absolute Gasteiger partial charge is 0.508 e. The Morgan fingerprint density at radius 1 is 0.689 bits per heavy atom. The number of benzene rings is 1. The number of aliphatic carboxylic acids is 3. The number of nitrogens with one attached hydrogen (secondary N) is 4. The molecule has 0 heterocycles. The van der Waals surface area contributed by atoms with Gasteiger partial charge in [-0.1, -0.05) is 12.1 Å². The average Bonchev–Trinajstić information content (AvgIpc) is 2.97. The summed E-state index contributed by atoms with van der Waals surface area (Å²) in [5.74, 6) is -7.32. The number of phenols is 1. The number of unbranched alkanes of at least 4 members (excludes halogenated alkanes) is 1. The molecule has 12 N–H and O–H groups in total. The number of aromatic hydroxyl groups is 1. The number of nitrogens with two attached hydrogens (primary N) is 2. The number of carboxylic acid groups (broad SMARTS) is 3. The lowest BCUT2D eigenvalue weighted by molar-refractivity contribution is -0.142. The van der Waals surface area contributed by atoms with Crippen LogP contribution in [0.15, 0.2) is 24.3 Å². The number of rotatable bonds is 21. The Hall–Kier alpha value is -4.77. The van der Waals surface area contributed by atoms with E-state index in [9.17, 15) is 43.8 Å². The molecule has 0 saturated carbocycles. The Labute approximate surface area is 259 Å². The third-order valence-corrected chi connectivity index (χ3v) is 6.61. The van der Waals surface area contributed by atoms with Gasteiger partial charge in [-0.3, -0.25) is 28.8 Å². The third kappa shape index (κ3) is 15.0. The van der Waals surface area contributed by atoms with Crippen LogP contribution in [0.4, 0.5) is 0 Å². The molecule has 1 rings (SSSR count). The first-order chi connectivity index (χ1) is 21.1. The molecule has 0 saturated heterocycles. The van der Waals surface area contributed by atoms with E-state index in [0.717, 1.165) is 0 Å². The summed E-state index contributed by atoms with van der Waals surface area (Å²) in [4.78, 5) is 85.3. The Bertz CT molecular complexity index is 1190. The van der Waals surface area contributed by atoms with Gasteiger partial charge in [-0.25, -0.2) is 4.79 Å². The second kappa shape index (κ2) is 19.5. The molecule has 0 aliphatic heterocycles. The fraction of sp³-hybridized carbons (Fsp3) is 0.536. The van der Waals surface area contributed by atoms with Crippen molar-refractivity contribution >= 4 is 41.5 Å². The molecule has 0 bridgehead atoms. The number of hydrogen-bond donors (Lipinski definition) is 10. The van der Waals surface area contributed by atoms with Crippen molar-refractivity contribution in [2.24, 2.45) is 11.5 Å². The highest BCUT2D eigenvalue weighted by Gasteiger charge is 2.30. The SMILES string of the molecule is C[C@H](NC(=O)[C@H](CCC(=O)O)NC(=O)[C@@H](N)CCC(=O)O)C(=O)N[C@@H](Cc1ccc(O)cc1)C(=O)N[C@@H](CCCCN)C(=O)O. The molecular weight excluding hydrogens is 596 g/mol. The zero-order valence-electron chi connectivity index (χ0n) is 24.9. The normalized spacial score (nSPS) is 14.1. The summed E-state index contributed by atoms with van der Waals surface area (Å²) in [6.07, 6.45) is -0.630. The van der Waals surface area contributed by atoms with E-state index in [-0.39, 0.29) is 31.4 Å². The molecule has 17 heteroatoms. The summed E-state index contributed by atoms with van der Waals surface area (Å²) in [5, 5.41) is 46.5. The summed E-state index contributed by atoms with van der Waals surface area (Å²) >= 11 is 0. The van der Waals surface area contributed by atoms with E-state index in [1.165, 1.54) is 31.2 Å². The Morgan fingerprint density at radius 2 is 1.22 bits per heavy atom. The highest BCUT2D eigenvalue weighted by atomic mass is 16.4. The third-order valence-electron chi connectivity index (χ3n) is 6.61. The van der Waals surface area contributed by atoms with Crippen molar-refractivity contribution in [2.45, 2.75) is 88.5 Å². The molecule has 5 atom stereocenters. The van der Waals surface area contributed by atoms with Crippen LogP contribution in [0.2, 0.25) is 0 Å². The minimum Gasteiger partial charge on any atom is -0.508 e. The lowest BCUT2D eigenvalue weighted by Crippen LogP contribution is -2.58. The first kappa shape index (κ1) is 38.3. The highest BCUT2D eigenvalue weighted by molar-refractivity contribution is 5.95. The van der Waals surface area contributed by atoms with Crippen molar-refractivity contribution in [3.8, 4) is 5.75 Å². The molecule has 0 fully saturated rings. The van der Waals surface area contributed by atoms with Gasteiger partial charge in [0, 0.05) is 19.3 Å². The van der Waals surface area contributed by atoms with Crippen LogP contribution < -0.4 is 32.7 Å². The predicted molar refractivity (Wildman–Crippen MR) is 157 cm³/mol. The first-order valence-electron chi connectivity index (χ1n) is 14.3. The van der Waals surface area contributed by atoms with Gasteiger partial charge in [0.25, 0.3) is 0 Å². The molecule has 1 aromatic carbocycles. The van der Waals surface area contributed by atoms with Gasteiger partial charge in [0.2, 0.25) is 23.6 Å². The molecule has 0 aliphatic rings. The van der Waals surface area contributed by atoms with Crippen LogP contribution in [0.5, 0.6) is 5.75 Å². The summed E-state index contributed by atoms with van der Waals surface area (Å²) in [6, 6.07) is -0.918. The monoisotopic (exact) mass is 638 g/mol. The fourth-order valence-corrected chi connectivity index (χ4v) is 4.00. The van der Waals surface area contributed by atoms with Crippen LogP contribution in [-0.4, -0.2) is 98.7 Å². The van der Waals surface area contributed by atoms with Gasteiger partial charge in [0.1, 0.15) is 29.9 Å². The quantitative estimate of drug-likeness (QED) is 0.0663. The van der Waals surface area contributed by atoms with E-state index in [1.54, 1.807) is 0 Å². The van der Waals surface area contributed by atoms with Crippen LogP contribution in [0, 0.1) is 0 Å². The van der Waals surface area contributed by atoms with Crippen molar-refractivity contribution in [3.05, 3.63) is 29.8 Å². The van der Waals surface area contributed by atoms with Crippen LogP contribution in [0.3, 0.4) is 0 Å². The van der Waals surface area contributed by atoms with Crippen LogP contribution in [0.1, 0.15) is 57.4 Å². The number of hydrogen-bond acceptors (Lipinski definition) is 10. The van der Waals surface area contributed by atoms with Crippen LogP contribution >= 0.6 is 0 Å². The van der Waals surface area contributed by atoms with E-state index in [2.05, 4.69) is 21.3 Å². The smallest absolute Gasteiger partial charge is 0.326 e. The van der Waals surface area contributed by atoms with Gasteiger partial charge >= 0.3 is 17.9 Å². The van der Waals surface area contributed by atoms with E-state index >= 15 is 0 Å². The van der Waals surface area contributed by atoms with Gasteiger partial charge in [0.05, 0.1) is 6.04 Å². The molecule has 0 spiro atoms. The van der Waals surface area contributed by atoms with Gasteiger partial charge in [-0.2, -0.15) is 0 Å². The second-order valence-electron chi connectivity index (χ2n) is 10.4. The number of phenolic OH excluding ortho intramolecular Hbond substituents is 1. The number of carboxylic acids is 3. The highest BCUT2D eigenvalue weighted by Crippen LogP contribution is 2.12. The molecule has 0 aromatic heterocycles. The summed E-state index contributed by atoms with van der Waals surface area (Å²) < 4.78 is 0. The fourth-order valence-electron chi connectivity index (χ4n) is 4.00. The second-order valence-corrected chi connectivity index (χ2v) is 10.4. The minimum atomic E-state index is -1.44. The molecule has 0 radical (unpaired) electrons. The Morgan fingerprint density at radius 3 is 1.78 bits per heavy atom. The van der Waals surface area contributed by atoms with Gasteiger partial charge < -0.3 is 53.2 Å². The predicted octanol–water partition coefficient (Wildman–Crippen LogP) is -1.84. The molecule has 250 valence electrons. The summed E-state index contributed by atoms with van der Waals surface area (Å²) in [5.41, 5.74) is 11.6. The maximum Gasteiger partial charge on any atom is 0.326 e. The molecule has 4 amide bonds. The Balaban J connectivity index is 3.06. The van der Waals surface area contributed by atoms with Crippen LogP contribution in [0.25, 0.3) is 0 Å². The van der Waals surface area contributed by atoms with E-state index in [0.29, 0.717) is 24.9 Å². The van der Waals surface area contributed by atoms with Crippen molar-refractivity contribution in [2.75, 3.05) is 6.54 Å². The van der Waals surface area contributed by atoms with Crippen LogP contribution in [-0.2, 0) is 40.0 Å². The molecular formula is C28H42N6O11. The number of amides is 4. The topological polar surface area (TPSA) is 301 Å². The lowest BCUT2D eigenvalue weighted by atomic mass is 10.0. The van der Waals surface area contributed by atoms with Crippen molar-refractivity contribution < 1.29 is 54.0 Å². The Kier molecular flexibility index (Phi) is 16.6. The first-order valence-corrected chi connectivity index (χ1v) is 14.3. The zero-order chi connectivity index (χ0) is 34.1. The van der Waals surface area contributed by atoms with Gasteiger partial charge in [-0.05, 0) is 63.3 Å². The molecule has 1 aromatic rings. The van der Waals surface area contributed by atoms with Crippen molar-refractivity contribution in [1.29, 1.82) is 0 Å². The van der Waals surface area contributed by atoms with Crippen molar-refractivity contribution in [1.82, 2.24) is 21.3 Å². The van der Waals surface area contributed by atoms with E-state index < -0.39 is 84.6 Å². The van der Waals surface area contributed by atoms with Gasteiger partial charge in [-0.15, -0.1) is 0 Å². The standard InChI is InChI=1S/C28H42N6O11/c1-15(31-26(42)19(10-12-23(38)39)32-25(41)18(30)9-11-22(36)37)24(40)34-21(14-16-5-7-17(35)8-6-16)27(43)33-20(28(44)45)4-2-3-13-29/h5-8,15,18-21,35H,2-4,9-14,29-30H2,1H3,(H,31,42)(H,32,41)(H,33,43)(H,34,40)(H,36,37)(H,38,39)(H,44,45)/t15-,18-,19-,20-,21-/m0/s1. The van der Waals surface area contributed by atoms with E-state index in [4.69, 9.17) is 21.7 Å². The zero-order valence-corrected chi connectivity index (χ0v) is 24.9. The summed E-state index contributed by atoms with van der Waals surface area (Å²) in [6.45, 7) is 1.60. The maximum absolute atomic E-state index is 13.2. The summed E-state index contributed by atoms with van der Waals surface area (Å²) in [7, 11) is 0. The molecule has 17 nitrogen and oxygen atoms in total. The number of carbonyl (C=O) groups excluding carboxylic acids is 4. The minimum absolute atomic E-state index is 0.0432.